The predicted octanol–water partition coefficient (Wildman–Crippen LogP) is 3.91. The Morgan fingerprint density at radius 1 is 1.00 bits per heavy atom. The molecule has 1 aliphatic carbocycles. The molecule has 0 amide bonds. The van der Waals surface area contributed by atoms with Crippen molar-refractivity contribution in [1.29, 1.82) is 0 Å². The third kappa shape index (κ3) is 3.34. The van der Waals surface area contributed by atoms with Crippen LogP contribution in [-0.4, -0.2) is 13.4 Å². The minimum absolute atomic E-state index is 0.00444. The second kappa shape index (κ2) is 7.32. The van der Waals surface area contributed by atoms with Crippen LogP contribution >= 0.6 is 0 Å². The van der Waals surface area contributed by atoms with Crippen molar-refractivity contribution in [3.05, 3.63) is 88.5 Å². The number of fused-ring (bicyclic) bond motifs is 1. The molecule has 1 aromatic heterocycles. The molecule has 1 heterocycles. The Kier molecular flexibility index (Phi) is 4.96. The van der Waals surface area contributed by atoms with E-state index in [9.17, 15) is 9.90 Å². The van der Waals surface area contributed by atoms with E-state index in [1.165, 1.54) is 10.4 Å². The molecule has 0 aliphatic heterocycles. The standard InChI is InChI=1S/C24H26O4Si/c1-24(2,3)29(17-10-6-4-7-11-17,18-12-8-5-9-13-18)28-21-15-14-19-20(25)16-22(26)27-23(19)21/h4-13,16,21,25H,14-15H2,1-3H3. The van der Waals surface area contributed by atoms with Gasteiger partial charge < -0.3 is 13.9 Å². The van der Waals surface area contributed by atoms with Crippen LogP contribution in [0, 0.1) is 0 Å². The van der Waals surface area contributed by atoms with Crippen LogP contribution in [0.25, 0.3) is 0 Å². The summed E-state index contributed by atoms with van der Waals surface area (Å²) in [7, 11) is -2.76. The maximum atomic E-state index is 11.9. The second-order valence-electron chi connectivity index (χ2n) is 8.60. The van der Waals surface area contributed by atoms with Gasteiger partial charge in [0.2, 0.25) is 0 Å². The average Bonchev–Trinajstić information content (AvgIpc) is 3.09. The molecular weight excluding hydrogens is 380 g/mol. The van der Waals surface area contributed by atoms with E-state index in [1.54, 1.807) is 0 Å². The number of aromatic hydroxyl groups is 1. The Morgan fingerprint density at radius 3 is 2.07 bits per heavy atom. The van der Waals surface area contributed by atoms with Crippen molar-refractivity contribution in [3.8, 4) is 5.75 Å². The Balaban J connectivity index is 1.91. The van der Waals surface area contributed by atoms with E-state index in [4.69, 9.17) is 8.84 Å². The van der Waals surface area contributed by atoms with E-state index in [-0.39, 0.29) is 16.9 Å². The summed E-state index contributed by atoms with van der Waals surface area (Å²) < 4.78 is 12.6. The van der Waals surface area contributed by atoms with Gasteiger partial charge in [0.1, 0.15) is 17.6 Å². The molecule has 4 nitrogen and oxygen atoms in total. The van der Waals surface area contributed by atoms with Crippen molar-refractivity contribution >= 4 is 18.7 Å². The van der Waals surface area contributed by atoms with Gasteiger partial charge in [-0.3, -0.25) is 0 Å². The fourth-order valence-electron chi connectivity index (χ4n) is 4.46. The van der Waals surface area contributed by atoms with Crippen LogP contribution in [0.4, 0.5) is 0 Å². The predicted molar refractivity (Wildman–Crippen MR) is 116 cm³/mol. The largest absolute Gasteiger partial charge is 0.507 e. The summed E-state index contributed by atoms with van der Waals surface area (Å²) in [4.78, 5) is 11.9. The zero-order chi connectivity index (χ0) is 20.6. The quantitative estimate of drug-likeness (QED) is 0.668. The Hall–Kier alpha value is -2.63. The topological polar surface area (TPSA) is 59.7 Å². The van der Waals surface area contributed by atoms with Gasteiger partial charge in [0.05, 0.1) is 6.07 Å². The lowest BCUT2D eigenvalue weighted by Crippen LogP contribution is -2.66. The van der Waals surface area contributed by atoms with Gasteiger partial charge in [-0.2, -0.15) is 0 Å². The monoisotopic (exact) mass is 406 g/mol. The van der Waals surface area contributed by atoms with Crippen LogP contribution < -0.4 is 16.0 Å². The normalized spacial score (nSPS) is 16.6. The highest BCUT2D eigenvalue weighted by Crippen LogP contribution is 2.44. The first-order valence-electron chi connectivity index (χ1n) is 9.97. The van der Waals surface area contributed by atoms with Gasteiger partial charge >= 0.3 is 5.63 Å². The van der Waals surface area contributed by atoms with Gasteiger partial charge in [0.15, 0.2) is 0 Å². The molecule has 1 aliphatic rings. The third-order valence-electron chi connectivity index (χ3n) is 5.76. The van der Waals surface area contributed by atoms with Gasteiger partial charge in [-0.05, 0) is 28.3 Å². The van der Waals surface area contributed by atoms with E-state index in [1.807, 2.05) is 36.4 Å². The van der Waals surface area contributed by atoms with Crippen LogP contribution in [0.15, 0.2) is 75.9 Å². The highest BCUT2D eigenvalue weighted by molar-refractivity contribution is 6.99. The molecule has 0 fully saturated rings. The zero-order valence-electron chi connectivity index (χ0n) is 17.0. The van der Waals surface area contributed by atoms with Crippen LogP contribution in [0.5, 0.6) is 5.75 Å². The number of hydrogen-bond donors (Lipinski definition) is 1. The zero-order valence-corrected chi connectivity index (χ0v) is 18.0. The summed E-state index contributed by atoms with van der Waals surface area (Å²) in [6.45, 7) is 6.65. The number of rotatable bonds is 4. The molecule has 4 rings (SSSR count). The first-order chi connectivity index (χ1) is 13.8. The molecule has 1 N–H and O–H groups in total. The molecule has 0 saturated carbocycles. The average molecular weight is 407 g/mol. The lowest BCUT2D eigenvalue weighted by Gasteiger charge is -2.44. The van der Waals surface area contributed by atoms with Crippen LogP contribution in [-0.2, 0) is 10.8 Å². The van der Waals surface area contributed by atoms with Gasteiger partial charge in [0, 0.05) is 5.56 Å². The lowest BCUT2D eigenvalue weighted by molar-refractivity contribution is 0.163. The van der Waals surface area contributed by atoms with Crippen LogP contribution in [0.1, 0.15) is 44.6 Å². The molecule has 2 aromatic carbocycles. The Morgan fingerprint density at radius 2 is 1.55 bits per heavy atom. The van der Waals surface area contributed by atoms with Crippen molar-refractivity contribution in [2.45, 2.75) is 44.8 Å². The SMILES string of the molecule is CC(C)(C)[Si](OC1CCc2c(O)cc(=O)oc21)(c1ccccc1)c1ccccc1. The van der Waals surface area contributed by atoms with Crippen molar-refractivity contribution < 1.29 is 13.9 Å². The molecule has 0 spiro atoms. The fraction of sp³-hybridized carbons (Fsp3) is 0.292. The number of benzene rings is 2. The summed E-state index contributed by atoms with van der Waals surface area (Å²) in [5, 5.41) is 12.4. The molecule has 150 valence electrons. The molecule has 1 atom stereocenters. The minimum atomic E-state index is -2.76. The van der Waals surface area contributed by atoms with Gasteiger partial charge in [0.25, 0.3) is 8.32 Å². The fourth-order valence-corrected chi connectivity index (χ4v) is 9.13. The smallest absolute Gasteiger partial charge is 0.339 e. The second-order valence-corrected chi connectivity index (χ2v) is 12.9. The summed E-state index contributed by atoms with van der Waals surface area (Å²) >= 11 is 0. The molecular formula is C24H26O4Si. The van der Waals surface area contributed by atoms with Crippen molar-refractivity contribution in [2.24, 2.45) is 0 Å². The van der Waals surface area contributed by atoms with Gasteiger partial charge in [-0.25, -0.2) is 4.79 Å². The van der Waals surface area contributed by atoms with E-state index >= 15 is 0 Å². The first-order valence-corrected chi connectivity index (χ1v) is 11.9. The van der Waals surface area contributed by atoms with E-state index in [0.29, 0.717) is 24.2 Å². The molecule has 5 heteroatoms. The molecule has 0 saturated heterocycles. The van der Waals surface area contributed by atoms with Gasteiger partial charge in [-0.15, -0.1) is 0 Å². The highest BCUT2D eigenvalue weighted by Gasteiger charge is 2.52. The Bertz CT molecular complexity index is 1010. The third-order valence-corrected chi connectivity index (χ3v) is 10.8. The molecule has 1 unspecified atom stereocenters. The summed E-state index contributed by atoms with van der Waals surface area (Å²) in [6, 6.07) is 21.9. The van der Waals surface area contributed by atoms with Crippen molar-refractivity contribution in [3.63, 3.8) is 0 Å². The van der Waals surface area contributed by atoms with Crippen molar-refractivity contribution in [2.75, 3.05) is 0 Å². The van der Waals surface area contributed by atoms with Crippen molar-refractivity contribution in [1.82, 2.24) is 0 Å². The molecule has 3 aromatic rings. The van der Waals surface area contributed by atoms with E-state index in [0.717, 1.165) is 6.07 Å². The molecule has 0 radical (unpaired) electrons. The molecule has 29 heavy (non-hydrogen) atoms. The summed E-state index contributed by atoms with van der Waals surface area (Å²) in [5.41, 5.74) is 0.145. The molecule has 0 bridgehead atoms. The van der Waals surface area contributed by atoms with E-state index in [2.05, 4.69) is 45.0 Å². The van der Waals surface area contributed by atoms with Crippen LogP contribution in [0.3, 0.4) is 0 Å². The maximum absolute atomic E-state index is 11.9. The first kappa shape index (κ1) is 19.7. The highest BCUT2D eigenvalue weighted by atomic mass is 28.4. The van der Waals surface area contributed by atoms with Gasteiger partial charge in [-0.1, -0.05) is 81.4 Å². The van der Waals surface area contributed by atoms with E-state index < -0.39 is 13.9 Å². The summed E-state index contributed by atoms with van der Waals surface area (Å²) in [5.74, 6) is 0.479. The lowest BCUT2D eigenvalue weighted by atomic mass is 10.2. The van der Waals surface area contributed by atoms with Crippen LogP contribution in [0.2, 0.25) is 5.04 Å². The number of hydrogen-bond acceptors (Lipinski definition) is 4. The minimum Gasteiger partial charge on any atom is -0.507 e. The Labute approximate surface area is 171 Å². The summed E-state index contributed by atoms with van der Waals surface area (Å²) in [6.07, 6.45) is 0.949. The maximum Gasteiger partial charge on any atom is 0.339 e.